The Morgan fingerprint density at radius 3 is 2.95 bits per heavy atom. The van der Waals surface area contributed by atoms with Gasteiger partial charge in [-0.15, -0.1) is 10.2 Å². The highest BCUT2D eigenvalue weighted by Gasteiger charge is 2.17. The minimum atomic E-state index is -0.412. The lowest BCUT2D eigenvalue weighted by Gasteiger charge is -2.02. The van der Waals surface area contributed by atoms with Gasteiger partial charge in [0.25, 0.3) is 5.91 Å². The van der Waals surface area contributed by atoms with Gasteiger partial charge >= 0.3 is 5.97 Å². The van der Waals surface area contributed by atoms with Crippen molar-refractivity contribution in [2.45, 2.75) is 6.42 Å². The van der Waals surface area contributed by atoms with E-state index in [0.29, 0.717) is 27.2 Å². The molecule has 2 aromatic rings. The van der Waals surface area contributed by atoms with Crippen molar-refractivity contribution in [3.63, 3.8) is 0 Å². The van der Waals surface area contributed by atoms with Crippen LogP contribution in [0.1, 0.15) is 15.4 Å². The summed E-state index contributed by atoms with van der Waals surface area (Å²) in [6.07, 6.45) is 0.0219. The Bertz CT molecular complexity index is 730. The van der Waals surface area contributed by atoms with Crippen LogP contribution in [0, 0.1) is 0 Å². The van der Waals surface area contributed by atoms with E-state index in [1.807, 2.05) is 0 Å². The van der Waals surface area contributed by atoms with E-state index in [2.05, 4.69) is 20.3 Å². The Labute approximate surface area is 129 Å². The summed E-state index contributed by atoms with van der Waals surface area (Å²) in [6, 6.07) is 4.88. The molecule has 1 aromatic carbocycles. The molecule has 0 saturated carbocycles. The molecule has 0 saturated heterocycles. The summed E-state index contributed by atoms with van der Waals surface area (Å²) in [5.41, 5.74) is 0.411. The van der Waals surface area contributed by atoms with Crippen molar-refractivity contribution in [3.8, 4) is 11.5 Å². The van der Waals surface area contributed by atoms with Gasteiger partial charge in [-0.2, -0.15) is 0 Å². The zero-order chi connectivity index (χ0) is 15.5. The summed E-state index contributed by atoms with van der Waals surface area (Å²) < 4.78 is 14.9. The van der Waals surface area contributed by atoms with Gasteiger partial charge in [0.2, 0.25) is 11.9 Å². The Morgan fingerprint density at radius 2 is 2.14 bits per heavy atom. The van der Waals surface area contributed by atoms with Crippen LogP contribution in [0.15, 0.2) is 18.2 Å². The first-order chi connectivity index (χ1) is 10.7. The Kier molecular flexibility index (Phi) is 3.88. The summed E-state index contributed by atoms with van der Waals surface area (Å²) in [5.74, 6) is 0.369. The van der Waals surface area contributed by atoms with Crippen molar-refractivity contribution >= 4 is 28.3 Å². The molecular weight excluding hydrogens is 310 g/mol. The molecule has 1 aliphatic heterocycles. The number of esters is 1. The molecule has 1 amide bonds. The van der Waals surface area contributed by atoms with Crippen molar-refractivity contribution in [1.29, 1.82) is 0 Å². The predicted octanol–water partition coefficient (Wildman–Crippen LogP) is 1.23. The van der Waals surface area contributed by atoms with Crippen molar-refractivity contribution in [3.05, 3.63) is 28.8 Å². The summed E-state index contributed by atoms with van der Waals surface area (Å²) in [7, 11) is 1.30. The number of fused-ring (bicyclic) bond motifs is 1. The van der Waals surface area contributed by atoms with E-state index < -0.39 is 5.97 Å². The highest BCUT2D eigenvalue weighted by Crippen LogP contribution is 2.32. The summed E-state index contributed by atoms with van der Waals surface area (Å²) in [4.78, 5) is 23.3. The molecule has 1 aliphatic rings. The van der Waals surface area contributed by atoms with E-state index in [9.17, 15) is 9.59 Å². The maximum absolute atomic E-state index is 12.1. The Hall–Kier alpha value is -2.68. The molecule has 2 heterocycles. The van der Waals surface area contributed by atoms with Crippen LogP contribution in [-0.2, 0) is 16.0 Å². The lowest BCUT2D eigenvalue weighted by molar-refractivity contribution is -0.139. The van der Waals surface area contributed by atoms with Crippen LogP contribution in [0.25, 0.3) is 0 Å². The number of hydrogen-bond acceptors (Lipinski definition) is 8. The molecule has 0 fully saturated rings. The van der Waals surface area contributed by atoms with Gasteiger partial charge < -0.3 is 14.2 Å². The standard InChI is InChI=1S/C13H11N3O5S/c1-19-11(17)5-10-15-16-13(22-10)14-12(18)7-2-3-8-9(4-7)21-6-20-8/h2-4H,5-6H2,1H3,(H,14,16,18). The first-order valence-electron chi connectivity index (χ1n) is 6.26. The lowest BCUT2D eigenvalue weighted by Crippen LogP contribution is -2.11. The third kappa shape index (κ3) is 2.98. The number of nitrogens with one attached hydrogen (secondary N) is 1. The Balaban J connectivity index is 1.68. The Morgan fingerprint density at radius 1 is 1.32 bits per heavy atom. The second-order valence-electron chi connectivity index (χ2n) is 4.28. The van der Waals surface area contributed by atoms with Gasteiger partial charge in [0.1, 0.15) is 5.01 Å². The zero-order valence-electron chi connectivity index (χ0n) is 11.5. The number of carbonyl (C=O) groups excluding carboxylic acids is 2. The zero-order valence-corrected chi connectivity index (χ0v) is 12.3. The minimum Gasteiger partial charge on any atom is -0.469 e. The molecule has 0 aliphatic carbocycles. The van der Waals surface area contributed by atoms with Gasteiger partial charge in [-0.05, 0) is 18.2 Å². The summed E-state index contributed by atoms with van der Waals surface area (Å²) >= 11 is 1.11. The van der Waals surface area contributed by atoms with E-state index in [-0.39, 0.29) is 19.1 Å². The summed E-state index contributed by atoms with van der Waals surface area (Å²) in [5, 5.41) is 11.0. The van der Waals surface area contributed by atoms with Crippen LogP contribution in [-0.4, -0.2) is 36.0 Å². The van der Waals surface area contributed by atoms with Crippen molar-refractivity contribution in [2.75, 3.05) is 19.2 Å². The van der Waals surface area contributed by atoms with Crippen LogP contribution in [0.4, 0.5) is 5.13 Å². The first-order valence-corrected chi connectivity index (χ1v) is 7.07. The normalized spacial score (nSPS) is 12.0. The van der Waals surface area contributed by atoms with Gasteiger partial charge in [0.15, 0.2) is 11.5 Å². The van der Waals surface area contributed by atoms with Gasteiger partial charge in [-0.25, -0.2) is 0 Å². The smallest absolute Gasteiger partial charge is 0.312 e. The number of benzene rings is 1. The molecular formula is C13H11N3O5S. The SMILES string of the molecule is COC(=O)Cc1nnc(NC(=O)c2ccc3c(c2)OCO3)s1. The molecule has 8 nitrogen and oxygen atoms in total. The quantitative estimate of drug-likeness (QED) is 0.845. The second kappa shape index (κ2) is 5.98. The fraction of sp³-hybridized carbons (Fsp3) is 0.231. The number of methoxy groups -OCH3 is 1. The van der Waals surface area contributed by atoms with E-state index in [1.54, 1.807) is 18.2 Å². The average molecular weight is 321 g/mol. The van der Waals surface area contributed by atoms with Crippen molar-refractivity contribution in [1.82, 2.24) is 10.2 Å². The molecule has 0 radical (unpaired) electrons. The molecule has 3 rings (SSSR count). The van der Waals surface area contributed by atoms with E-state index in [4.69, 9.17) is 9.47 Å². The number of rotatable bonds is 4. The topological polar surface area (TPSA) is 99.6 Å². The number of hydrogen-bond donors (Lipinski definition) is 1. The minimum absolute atomic E-state index is 0.0219. The maximum Gasteiger partial charge on any atom is 0.312 e. The van der Waals surface area contributed by atoms with Crippen molar-refractivity contribution in [2.24, 2.45) is 0 Å². The number of amides is 1. The fourth-order valence-electron chi connectivity index (χ4n) is 1.78. The molecule has 0 unspecified atom stereocenters. The third-order valence-corrected chi connectivity index (χ3v) is 3.68. The number of carbonyl (C=O) groups is 2. The molecule has 9 heteroatoms. The monoisotopic (exact) mass is 321 g/mol. The third-order valence-electron chi connectivity index (χ3n) is 2.85. The van der Waals surface area contributed by atoms with Crippen LogP contribution in [0.3, 0.4) is 0 Å². The number of ether oxygens (including phenoxy) is 3. The number of anilines is 1. The van der Waals surface area contributed by atoms with Crippen molar-refractivity contribution < 1.29 is 23.8 Å². The van der Waals surface area contributed by atoms with Crippen LogP contribution >= 0.6 is 11.3 Å². The maximum atomic E-state index is 12.1. The van der Waals surface area contributed by atoms with Crippen LogP contribution in [0.2, 0.25) is 0 Å². The summed E-state index contributed by atoms with van der Waals surface area (Å²) in [6.45, 7) is 0.147. The van der Waals surface area contributed by atoms with Gasteiger partial charge in [0, 0.05) is 5.56 Å². The molecule has 1 N–H and O–H groups in total. The van der Waals surface area contributed by atoms with Crippen LogP contribution in [0.5, 0.6) is 11.5 Å². The molecule has 1 aromatic heterocycles. The second-order valence-corrected chi connectivity index (χ2v) is 5.34. The van der Waals surface area contributed by atoms with Crippen LogP contribution < -0.4 is 14.8 Å². The molecule has 0 spiro atoms. The van der Waals surface area contributed by atoms with E-state index >= 15 is 0 Å². The highest BCUT2D eigenvalue weighted by molar-refractivity contribution is 7.15. The average Bonchev–Trinajstić information content (AvgIpc) is 3.15. The fourth-order valence-corrected chi connectivity index (χ4v) is 2.50. The molecule has 22 heavy (non-hydrogen) atoms. The van der Waals surface area contributed by atoms with Gasteiger partial charge in [-0.1, -0.05) is 11.3 Å². The first kappa shape index (κ1) is 14.3. The number of nitrogens with zero attached hydrogens (tertiary/aromatic N) is 2. The number of aromatic nitrogens is 2. The molecule has 0 bridgehead atoms. The predicted molar refractivity (Wildman–Crippen MR) is 76.1 cm³/mol. The van der Waals surface area contributed by atoms with E-state index in [1.165, 1.54) is 7.11 Å². The van der Waals surface area contributed by atoms with E-state index in [0.717, 1.165) is 11.3 Å². The largest absolute Gasteiger partial charge is 0.469 e. The van der Waals surface area contributed by atoms with Gasteiger partial charge in [0.05, 0.1) is 13.5 Å². The molecule has 0 atom stereocenters. The lowest BCUT2D eigenvalue weighted by atomic mass is 10.2. The highest BCUT2D eigenvalue weighted by atomic mass is 32.1. The molecule has 114 valence electrons. The van der Waals surface area contributed by atoms with Gasteiger partial charge in [-0.3, -0.25) is 14.9 Å².